The fourth-order valence-corrected chi connectivity index (χ4v) is 7.21. The maximum Gasteiger partial charge on any atom is 0.329 e. The van der Waals surface area contributed by atoms with E-state index < -0.39 is 66.3 Å². The first-order valence-corrected chi connectivity index (χ1v) is 16.9. The van der Waals surface area contributed by atoms with E-state index >= 15 is 0 Å². The molecule has 4 amide bonds. The van der Waals surface area contributed by atoms with Crippen molar-refractivity contribution in [3.05, 3.63) is 36.0 Å². The third-order valence-electron chi connectivity index (χ3n) is 6.85. The minimum Gasteiger partial charge on any atom is -0.480 e. The maximum absolute atomic E-state index is 13.9. The van der Waals surface area contributed by atoms with Crippen LogP contribution in [0.25, 0.3) is 10.9 Å². The van der Waals surface area contributed by atoms with Crippen LogP contribution in [-0.2, 0) is 39.9 Å². The number of likely N-dealkylation sites (tertiary alicyclic amines) is 1. The number of carboxylic acid groups (broad SMARTS) is 1. The second-order valence-electron chi connectivity index (χ2n) is 11.8. The lowest BCUT2D eigenvalue weighted by Crippen LogP contribution is -2.57. The Morgan fingerprint density at radius 1 is 1.09 bits per heavy atom. The monoisotopic (exact) mass is 663 g/mol. The van der Waals surface area contributed by atoms with Gasteiger partial charge in [-0.25, -0.2) is 4.79 Å². The number of benzene rings is 1. The Morgan fingerprint density at radius 2 is 1.80 bits per heavy atom. The Kier molecular flexibility index (Phi) is 12.7. The van der Waals surface area contributed by atoms with Gasteiger partial charge in [0, 0.05) is 47.5 Å². The molecule has 0 saturated carbocycles. The number of carbonyl (C=O) groups excluding carboxylic acids is 5. The number of ether oxygens (including phenoxy) is 1. The summed E-state index contributed by atoms with van der Waals surface area (Å²) in [6.07, 6.45) is 2.78. The number of aliphatic carboxylic acids is 1. The van der Waals surface area contributed by atoms with E-state index in [1.165, 1.54) is 29.5 Å². The first-order chi connectivity index (χ1) is 21.2. The van der Waals surface area contributed by atoms with E-state index in [0.717, 1.165) is 16.5 Å². The normalized spacial score (nSPS) is 16.8. The molecule has 0 radical (unpaired) electrons. The lowest BCUT2D eigenvalue weighted by Gasteiger charge is -2.29. The molecule has 1 aliphatic rings. The fourth-order valence-electron chi connectivity index (χ4n) is 4.75. The molecule has 246 valence electrons. The van der Waals surface area contributed by atoms with Gasteiger partial charge in [0.2, 0.25) is 17.7 Å². The molecular weight excluding hydrogens is 622 g/mol. The van der Waals surface area contributed by atoms with Gasteiger partial charge in [-0.1, -0.05) is 60.6 Å². The zero-order valence-electron chi connectivity index (χ0n) is 26.0. The molecule has 1 aliphatic heterocycles. The van der Waals surface area contributed by atoms with Crippen LogP contribution in [0.4, 0.5) is 0 Å². The zero-order valence-corrected chi connectivity index (χ0v) is 27.6. The summed E-state index contributed by atoms with van der Waals surface area (Å²) in [5.74, 6) is -4.05. The average Bonchev–Trinajstić information content (AvgIpc) is 3.61. The maximum atomic E-state index is 13.9. The molecule has 1 saturated heterocycles. The number of carbonyl (C=O) groups is 6. The molecule has 2 aromatic rings. The van der Waals surface area contributed by atoms with E-state index in [-0.39, 0.29) is 23.5 Å². The van der Waals surface area contributed by atoms with Gasteiger partial charge in [-0.15, -0.1) is 0 Å². The van der Waals surface area contributed by atoms with Crippen molar-refractivity contribution in [1.29, 1.82) is 0 Å². The Balaban J connectivity index is 1.75. The highest BCUT2D eigenvalue weighted by molar-refractivity contribution is 8.77. The van der Waals surface area contributed by atoms with Crippen molar-refractivity contribution >= 4 is 68.1 Å². The molecule has 3 rings (SSSR count). The number of aromatic amines is 1. The third kappa shape index (κ3) is 10.7. The molecule has 45 heavy (non-hydrogen) atoms. The molecule has 5 N–H and O–H groups in total. The second-order valence-corrected chi connectivity index (χ2v) is 15.0. The van der Waals surface area contributed by atoms with Crippen LogP contribution in [0.1, 0.15) is 53.0 Å². The average molecular weight is 664 g/mol. The van der Waals surface area contributed by atoms with Gasteiger partial charge in [0.05, 0.1) is 0 Å². The van der Waals surface area contributed by atoms with Gasteiger partial charge >= 0.3 is 11.9 Å². The van der Waals surface area contributed by atoms with Gasteiger partial charge in [-0.2, -0.15) is 0 Å². The van der Waals surface area contributed by atoms with E-state index in [1.54, 1.807) is 17.0 Å². The van der Waals surface area contributed by atoms with Crippen molar-refractivity contribution in [3.63, 3.8) is 0 Å². The first-order valence-electron chi connectivity index (χ1n) is 14.6. The number of carboxylic acids is 1. The Bertz CT molecular complexity index is 1410. The molecule has 0 spiro atoms. The quantitative estimate of drug-likeness (QED) is 0.148. The number of fused-ring (bicyclic) bond motifs is 1. The summed E-state index contributed by atoms with van der Waals surface area (Å²) < 4.78 is 5.00. The van der Waals surface area contributed by atoms with Gasteiger partial charge < -0.3 is 35.7 Å². The Hall–Kier alpha value is -3.72. The lowest BCUT2D eigenvalue weighted by atomic mass is 10.0. The second kappa shape index (κ2) is 16.0. The smallest absolute Gasteiger partial charge is 0.329 e. The number of hydrogen-bond donors (Lipinski definition) is 5. The summed E-state index contributed by atoms with van der Waals surface area (Å²) in [5, 5.41) is 17.6. The van der Waals surface area contributed by atoms with Gasteiger partial charge in [0.15, 0.2) is 6.61 Å². The summed E-state index contributed by atoms with van der Waals surface area (Å²) in [6, 6.07) is 3.47. The van der Waals surface area contributed by atoms with Gasteiger partial charge in [0.25, 0.3) is 5.91 Å². The minimum absolute atomic E-state index is 0.130. The van der Waals surface area contributed by atoms with Gasteiger partial charge in [-0.3, -0.25) is 24.0 Å². The van der Waals surface area contributed by atoms with Gasteiger partial charge in [0.1, 0.15) is 24.2 Å². The summed E-state index contributed by atoms with van der Waals surface area (Å²) in [5.41, 5.74) is 1.71. The van der Waals surface area contributed by atoms with E-state index in [9.17, 15) is 28.8 Å². The van der Waals surface area contributed by atoms with Crippen LogP contribution in [-0.4, -0.2) is 98.4 Å². The number of hydrogen-bond acceptors (Lipinski definition) is 9. The number of aromatic nitrogens is 1. The highest BCUT2D eigenvalue weighted by Crippen LogP contribution is 2.35. The topological polar surface area (TPSA) is 187 Å². The fraction of sp³-hybridized carbons (Fsp3) is 0.533. The highest BCUT2D eigenvalue weighted by atomic mass is 33.1. The summed E-state index contributed by atoms with van der Waals surface area (Å²) in [6.45, 7) is 8.21. The number of H-pyrrole nitrogens is 1. The number of amides is 4. The van der Waals surface area contributed by atoms with E-state index in [4.69, 9.17) is 9.84 Å². The molecule has 0 aliphatic carbocycles. The molecular formula is C30H41N5O8S2. The summed E-state index contributed by atoms with van der Waals surface area (Å²) >= 11 is 0. The number of esters is 1. The van der Waals surface area contributed by atoms with E-state index in [2.05, 4.69) is 20.9 Å². The SMILES string of the molecule is CC(=O)N[C@@H](Cc1c[nH]c2ccccc12)C(=O)N[C@H](CSSC(C)(C)C)C(=O)N1CCCC1C(=O)OCC(=O)N[C@@H](C)C(=O)O. The van der Waals surface area contributed by atoms with Crippen molar-refractivity contribution in [3.8, 4) is 0 Å². The van der Waals surface area contributed by atoms with Gasteiger partial charge in [-0.05, 0) is 31.4 Å². The number of rotatable bonds is 14. The molecule has 1 fully saturated rings. The molecule has 2 heterocycles. The molecule has 15 heteroatoms. The molecule has 1 aromatic heterocycles. The molecule has 1 unspecified atom stereocenters. The summed E-state index contributed by atoms with van der Waals surface area (Å²) in [7, 11) is 2.95. The number of nitrogens with zero attached hydrogens (tertiary/aromatic N) is 1. The largest absolute Gasteiger partial charge is 0.480 e. The van der Waals surface area contributed by atoms with Crippen molar-refractivity contribution in [2.24, 2.45) is 0 Å². The Morgan fingerprint density at radius 3 is 2.47 bits per heavy atom. The van der Waals surface area contributed by atoms with Crippen molar-refractivity contribution in [2.75, 3.05) is 18.9 Å². The van der Waals surface area contributed by atoms with Crippen molar-refractivity contribution in [1.82, 2.24) is 25.8 Å². The van der Waals surface area contributed by atoms with Crippen LogP contribution in [0, 0.1) is 0 Å². The lowest BCUT2D eigenvalue weighted by molar-refractivity contribution is -0.157. The number of para-hydroxylation sites is 1. The zero-order chi connectivity index (χ0) is 33.3. The molecule has 4 atom stereocenters. The van der Waals surface area contributed by atoms with E-state index in [1.807, 2.05) is 45.0 Å². The van der Waals surface area contributed by atoms with E-state index in [0.29, 0.717) is 12.8 Å². The summed E-state index contributed by atoms with van der Waals surface area (Å²) in [4.78, 5) is 80.1. The van der Waals surface area contributed by atoms with Crippen LogP contribution >= 0.6 is 21.6 Å². The standard InChI is InChI=1S/C30H41N5O8S2/c1-17(28(40)41)32-25(37)15-43-29(42)24-11-8-12-35(24)27(39)23(16-44-45-30(3,4)5)34-26(38)22(33-18(2)36)13-19-14-31-21-10-7-6-9-20(19)21/h6-7,9-10,14,17,22-24,31H,8,11-13,15-16H2,1-5H3,(H,32,37)(H,33,36)(H,34,38)(H,40,41)/t17-,22-,23+,24?/m0/s1. The predicted octanol–water partition coefficient (Wildman–Crippen LogP) is 2.00. The number of nitrogens with one attached hydrogen (secondary N) is 4. The van der Waals surface area contributed by atoms with Crippen LogP contribution in [0.3, 0.4) is 0 Å². The Labute approximate surface area is 269 Å². The molecule has 0 bridgehead atoms. The third-order valence-corrected chi connectivity index (χ3v) is 10.2. The van der Waals surface area contributed by atoms with Crippen LogP contribution in [0.2, 0.25) is 0 Å². The van der Waals surface area contributed by atoms with Crippen LogP contribution in [0.5, 0.6) is 0 Å². The molecule has 1 aromatic carbocycles. The first kappa shape index (κ1) is 35.8. The van der Waals surface area contributed by atoms with Crippen LogP contribution in [0.15, 0.2) is 30.5 Å². The predicted molar refractivity (Wildman–Crippen MR) is 172 cm³/mol. The van der Waals surface area contributed by atoms with Crippen molar-refractivity contribution in [2.45, 2.75) is 82.8 Å². The molecule has 13 nitrogen and oxygen atoms in total. The van der Waals surface area contributed by atoms with Crippen LogP contribution < -0.4 is 16.0 Å². The van der Waals surface area contributed by atoms with Crippen molar-refractivity contribution < 1.29 is 38.6 Å². The minimum atomic E-state index is -1.24. The highest BCUT2D eigenvalue weighted by Gasteiger charge is 2.39.